The molecule has 2 fully saturated rings. The number of rotatable bonds is 8. The van der Waals surface area contributed by atoms with E-state index in [1.165, 1.54) is 19.2 Å². The normalized spacial score (nSPS) is 17.4. The lowest BCUT2D eigenvalue weighted by atomic mass is 9.78. The monoisotopic (exact) mass is 514 g/mol. The number of anilines is 1. The van der Waals surface area contributed by atoms with Crippen molar-refractivity contribution in [3.05, 3.63) is 83.4 Å². The van der Waals surface area contributed by atoms with Gasteiger partial charge in [-0.3, -0.25) is 4.79 Å². The van der Waals surface area contributed by atoms with Crippen molar-refractivity contribution in [1.82, 2.24) is 0 Å². The summed E-state index contributed by atoms with van der Waals surface area (Å²) in [6.45, 7) is 6.25. The highest BCUT2D eigenvalue weighted by Crippen LogP contribution is 2.41. The zero-order chi connectivity index (χ0) is 26.5. The molecule has 1 atom stereocenters. The quantitative estimate of drug-likeness (QED) is 0.390. The Balaban J connectivity index is 1.42. The first-order chi connectivity index (χ1) is 18.4. The molecule has 1 unspecified atom stereocenters. The molecule has 2 aliphatic rings. The van der Waals surface area contributed by atoms with E-state index < -0.39 is 0 Å². The van der Waals surface area contributed by atoms with E-state index in [9.17, 15) is 4.79 Å². The number of hydrogen-bond acceptors (Lipinski definition) is 6. The van der Waals surface area contributed by atoms with Crippen LogP contribution < -0.4 is 15.4 Å². The third kappa shape index (κ3) is 6.03. The number of benzene rings is 3. The molecule has 0 radical (unpaired) electrons. The van der Waals surface area contributed by atoms with Crippen LogP contribution in [-0.4, -0.2) is 39.4 Å². The van der Waals surface area contributed by atoms with E-state index in [0.29, 0.717) is 17.8 Å². The molecule has 0 amide bonds. The number of ether oxygens (including phenoxy) is 3. The first kappa shape index (κ1) is 26.3. The van der Waals surface area contributed by atoms with Gasteiger partial charge in [0.1, 0.15) is 12.4 Å². The second-order valence-corrected chi connectivity index (χ2v) is 10.7. The molecular formula is C32H38N2O4. The number of esters is 1. The molecule has 0 aliphatic carbocycles. The maximum absolute atomic E-state index is 11.9. The molecule has 5 rings (SSSR count). The molecule has 2 heterocycles. The fraction of sp³-hybridized carbons (Fsp3) is 0.406. The predicted molar refractivity (Wildman–Crippen MR) is 150 cm³/mol. The van der Waals surface area contributed by atoms with Gasteiger partial charge in [0.05, 0.1) is 20.1 Å². The van der Waals surface area contributed by atoms with Crippen molar-refractivity contribution >= 4 is 11.7 Å². The highest BCUT2D eigenvalue weighted by molar-refractivity contribution is 5.73. The Kier molecular flexibility index (Phi) is 8.01. The average molecular weight is 515 g/mol. The molecule has 2 saturated heterocycles. The highest BCUT2D eigenvalue weighted by atomic mass is 16.5. The van der Waals surface area contributed by atoms with Crippen molar-refractivity contribution in [2.75, 3.05) is 38.3 Å². The van der Waals surface area contributed by atoms with E-state index in [4.69, 9.17) is 19.9 Å². The van der Waals surface area contributed by atoms with Crippen molar-refractivity contribution in [2.45, 2.75) is 45.3 Å². The van der Waals surface area contributed by atoms with Gasteiger partial charge in [-0.15, -0.1) is 0 Å². The molecule has 6 heteroatoms. The van der Waals surface area contributed by atoms with Gasteiger partial charge in [-0.2, -0.15) is 0 Å². The molecule has 6 nitrogen and oxygen atoms in total. The Morgan fingerprint density at radius 3 is 2.58 bits per heavy atom. The van der Waals surface area contributed by atoms with E-state index in [1.807, 2.05) is 31.2 Å². The van der Waals surface area contributed by atoms with Gasteiger partial charge in [0.15, 0.2) is 0 Å². The summed E-state index contributed by atoms with van der Waals surface area (Å²) in [7, 11) is 1.40. The van der Waals surface area contributed by atoms with Gasteiger partial charge in [-0.1, -0.05) is 36.4 Å². The summed E-state index contributed by atoms with van der Waals surface area (Å²) in [5.74, 6) is 0.417. The number of carbonyl (C=O) groups is 1. The number of piperidine rings is 1. The Hall–Kier alpha value is -3.35. The molecule has 200 valence electrons. The second-order valence-electron chi connectivity index (χ2n) is 10.7. The zero-order valence-corrected chi connectivity index (χ0v) is 22.4. The molecule has 2 N–H and O–H groups in total. The van der Waals surface area contributed by atoms with E-state index in [-0.39, 0.29) is 18.4 Å². The van der Waals surface area contributed by atoms with Crippen molar-refractivity contribution in [3.8, 4) is 16.9 Å². The van der Waals surface area contributed by atoms with Crippen LogP contribution >= 0.6 is 0 Å². The molecule has 3 aromatic rings. The average Bonchev–Trinajstić information content (AvgIpc) is 3.40. The number of nitrogens with zero attached hydrogens (tertiary/aromatic N) is 1. The topological polar surface area (TPSA) is 74.0 Å². The summed E-state index contributed by atoms with van der Waals surface area (Å²) < 4.78 is 16.9. The summed E-state index contributed by atoms with van der Waals surface area (Å²) in [5, 5.41) is 0. The van der Waals surface area contributed by atoms with Gasteiger partial charge < -0.3 is 24.8 Å². The van der Waals surface area contributed by atoms with Crippen LogP contribution in [0.2, 0.25) is 0 Å². The Morgan fingerprint density at radius 2 is 1.84 bits per heavy atom. The molecule has 0 saturated carbocycles. The van der Waals surface area contributed by atoms with Crippen LogP contribution in [0.15, 0.2) is 66.7 Å². The first-order valence-corrected chi connectivity index (χ1v) is 13.5. The van der Waals surface area contributed by atoms with Crippen molar-refractivity contribution in [3.63, 3.8) is 0 Å². The van der Waals surface area contributed by atoms with Crippen LogP contribution in [0.25, 0.3) is 11.1 Å². The Morgan fingerprint density at radius 1 is 1.03 bits per heavy atom. The van der Waals surface area contributed by atoms with Crippen LogP contribution in [0, 0.1) is 5.41 Å². The van der Waals surface area contributed by atoms with E-state index in [1.54, 1.807) is 0 Å². The second kappa shape index (κ2) is 11.6. The molecule has 3 aromatic carbocycles. The lowest BCUT2D eigenvalue weighted by Crippen LogP contribution is -2.40. The van der Waals surface area contributed by atoms with Crippen LogP contribution in [0.5, 0.6) is 5.75 Å². The maximum Gasteiger partial charge on any atom is 0.310 e. The van der Waals surface area contributed by atoms with Crippen LogP contribution in [0.3, 0.4) is 0 Å². The Bertz CT molecular complexity index is 1260. The predicted octanol–water partition coefficient (Wildman–Crippen LogP) is 5.67. The number of hydrogen-bond donors (Lipinski definition) is 1. The van der Waals surface area contributed by atoms with E-state index in [0.717, 1.165) is 67.0 Å². The van der Waals surface area contributed by atoms with Gasteiger partial charge in [0, 0.05) is 37.0 Å². The maximum atomic E-state index is 11.9. The molecular weight excluding hydrogens is 476 g/mol. The van der Waals surface area contributed by atoms with E-state index >= 15 is 0 Å². The molecule has 2 aliphatic heterocycles. The summed E-state index contributed by atoms with van der Waals surface area (Å²) >= 11 is 0. The highest BCUT2D eigenvalue weighted by Gasteiger charge is 2.38. The largest absolute Gasteiger partial charge is 0.489 e. The fourth-order valence-electron chi connectivity index (χ4n) is 5.57. The first-order valence-electron chi connectivity index (χ1n) is 13.5. The van der Waals surface area contributed by atoms with Gasteiger partial charge in [-0.05, 0) is 84.2 Å². The Labute approximate surface area is 225 Å². The number of para-hydroxylation sites is 1. The standard InChI is InChI=1S/C32H38N2O4/c1-23(33)25-7-5-8-26(18-25)28-16-24(21-38-30-9-4-3-6-27(30)20-31(35)36-2)17-29(19-28)34-13-10-32(11-14-34)12-15-37-22-32/h3-9,16-19,23H,10-15,20-22,33H2,1-2H3. The lowest BCUT2D eigenvalue weighted by Gasteiger charge is -2.39. The van der Waals surface area contributed by atoms with Crippen LogP contribution in [-0.2, 0) is 27.3 Å². The van der Waals surface area contributed by atoms with Gasteiger partial charge >= 0.3 is 5.97 Å². The number of methoxy groups -OCH3 is 1. The van der Waals surface area contributed by atoms with Gasteiger partial charge in [-0.25, -0.2) is 0 Å². The van der Waals surface area contributed by atoms with Crippen molar-refractivity contribution < 1.29 is 19.0 Å². The summed E-state index contributed by atoms with van der Waals surface area (Å²) in [6.07, 6.45) is 3.67. The summed E-state index contributed by atoms with van der Waals surface area (Å²) in [4.78, 5) is 14.4. The minimum atomic E-state index is -0.283. The third-order valence-corrected chi connectivity index (χ3v) is 8.03. The lowest BCUT2D eigenvalue weighted by molar-refractivity contribution is -0.139. The minimum Gasteiger partial charge on any atom is -0.489 e. The van der Waals surface area contributed by atoms with E-state index in [2.05, 4.69) is 47.4 Å². The molecule has 0 aromatic heterocycles. The van der Waals surface area contributed by atoms with Gasteiger partial charge in [0.25, 0.3) is 0 Å². The van der Waals surface area contributed by atoms with Crippen LogP contribution in [0.4, 0.5) is 5.69 Å². The fourth-order valence-corrected chi connectivity index (χ4v) is 5.57. The molecule has 38 heavy (non-hydrogen) atoms. The van der Waals surface area contributed by atoms with Crippen molar-refractivity contribution in [2.24, 2.45) is 11.1 Å². The number of nitrogens with two attached hydrogens (primary N) is 1. The zero-order valence-electron chi connectivity index (χ0n) is 22.4. The SMILES string of the molecule is COC(=O)Cc1ccccc1OCc1cc(-c2cccc(C(C)N)c2)cc(N2CCC3(CCOC3)CC2)c1. The summed E-state index contributed by atoms with van der Waals surface area (Å²) in [6, 6.07) is 22.8. The summed E-state index contributed by atoms with van der Waals surface area (Å²) in [5.41, 5.74) is 13.1. The minimum absolute atomic E-state index is 0.0286. The third-order valence-electron chi connectivity index (χ3n) is 8.03. The smallest absolute Gasteiger partial charge is 0.310 e. The van der Waals surface area contributed by atoms with Crippen molar-refractivity contribution in [1.29, 1.82) is 0 Å². The number of carbonyl (C=O) groups excluding carboxylic acids is 1. The van der Waals surface area contributed by atoms with Crippen LogP contribution in [0.1, 0.15) is 48.9 Å². The molecule has 0 bridgehead atoms. The van der Waals surface area contributed by atoms with Gasteiger partial charge in [0.2, 0.25) is 0 Å². The molecule has 1 spiro atoms.